The predicted molar refractivity (Wildman–Crippen MR) is 109 cm³/mol. The Morgan fingerprint density at radius 2 is 1.68 bits per heavy atom. The lowest BCUT2D eigenvalue weighted by atomic mass is 10.1. The standard InChI is InChI=1S/C20H30N2O5S/c1-3-15-27-18-6-4-17(5-7-18)19(23)8-9-20(24)22-12-10-21(11-13-22)14-16-28(2,25)26/h4-7H,3,8-16H2,1-2H3. The van der Waals surface area contributed by atoms with Crippen LogP contribution in [0.25, 0.3) is 0 Å². The quantitative estimate of drug-likeness (QED) is 0.545. The number of hydrogen-bond acceptors (Lipinski definition) is 6. The molecular weight excluding hydrogens is 380 g/mol. The number of Topliss-reactive ketones (excluding diaryl/α,β-unsaturated/α-hetero) is 1. The fraction of sp³-hybridized carbons (Fsp3) is 0.600. The molecule has 1 aliphatic heterocycles. The van der Waals surface area contributed by atoms with Gasteiger partial charge in [0, 0.05) is 57.4 Å². The molecule has 0 radical (unpaired) electrons. The van der Waals surface area contributed by atoms with Gasteiger partial charge in [-0.05, 0) is 30.7 Å². The summed E-state index contributed by atoms with van der Waals surface area (Å²) in [4.78, 5) is 28.5. The molecule has 1 aromatic rings. The molecular formula is C20H30N2O5S. The number of ketones is 1. The number of nitrogens with zero attached hydrogens (tertiary/aromatic N) is 2. The maximum Gasteiger partial charge on any atom is 0.223 e. The van der Waals surface area contributed by atoms with Crippen LogP contribution in [0.5, 0.6) is 5.75 Å². The molecule has 0 bridgehead atoms. The van der Waals surface area contributed by atoms with Gasteiger partial charge in [0.1, 0.15) is 15.6 Å². The van der Waals surface area contributed by atoms with Crippen molar-refractivity contribution in [2.45, 2.75) is 26.2 Å². The Kier molecular flexibility index (Phi) is 8.44. The van der Waals surface area contributed by atoms with Gasteiger partial charge in [-0.15, -0.1) is 0 Å². The SMILES string of the molecule is CCCOc1ccc(C(=O)CCC(=O)N2CCN(CCS(C)(=O)=O)CC2)cc1. The summed E-state index contributed by atoms with van der Waals surface area (Å²) in [5, 5.41) is 0. The van der Waals surface area contributed by atoms with E-state index in [4.69, 9.17) is 4.74 Å². The molecule has 7 nitrogen and oxygen atoms in total. The number of ether oxygens (including phenoxy) is 1. The summed E-state index contributed by atoms with van der Waals surface area (Å²) in [6.45, 7) is 5.63. The molecule has 0 aromatic heterocycles. The van der Waals surface area contributed by atoms with Gasteiger partial charge in [-0.2, -0.15) is 0 Å². The van der Waals surface area contributed by atoms with Crippen molar-refractivity contribution in [3.63, 3.8) is 0 Å². The lowest BCUT2D eigenvalue weighted by molar-refractivity contribution is -0.132. The van der Waals surface area contributed by atoms with Crippen molar-refractivity contribution in [3.8, 4) is 5.75 Å². The number of carbonyl (C=O) groups excluding carboxylic acids is 2. The zero-order chi connectivity index (χ0) is 20.6. The lowest BCUT2D eigenvalue weighted by Crippen LogP contribution is -2.49. The third-order valence-corrected chi connectivity index (χ3v) is 5.64. The van der Waals surface area contributed by atoms with E-state index < -0.39 is 9.84 Å². The summed E-state index contributed by atoms with van der Waals surface area (Å²) in [6, 6.07) is 7.03. The molecule has 0 unspecified atom stereocenters. The molecule has 8 heteroatoms. The monoisotopic (exact) mass is 410 g/mol. The molecule has 2 rings (SSSR count). The summed E-state index contributed by atoms with van der Waals surface area (Å²) in [5.41, 5.74) is 0.585. The van der Waals surface area contributed by atoms with Crippen LogP contribution in [-0.2, 0) is 14.6 Å². The van der Waals surface area contributed by atoms with E-state index in [1.807, 2.05) is 6.92 Å². The van der Waals surface area contributed by atoms with Gasteiger partial charge in [-0.3, -0.25) is 14.5 Å². The summed E-state index contributed by atoms with van der Waals surface area (Å²) in [6.07, 6.45) is 2.53. The highest BCUT2D eigenvalue weighted by atomic mass is 32.2. The Bertz CT molecular complexity index is 753. The molecule has 1 heterocycles. The van der Waals surface area contributed by atoms with Crippen LogP contribution < -0.4 is 4.74 Å². The zero-order valence-corrected chi connectivity index (χ0v) is 17.5. The molecule has 1 amide bonds. The lowest BCUT2D eigenvalue weighted by Gasteiger charge is -2.34. The summed E-state index contributed by atoms with van der Waals surface area (Å²) in [5.74, 6) is 0.793. The first-order valence-electron chi connectivity index (χ1n) is 9.72. The summed E-state index contributed by atoms with van der Waals surface area (Å²) < 4.78 is 28.0. The Morgan fingerprint density at radius 1 is 1.04 bits per heavy atom. The maximum absolute atomic E-state index is 12.4. The highest BCUT2D eigenvalue weighted by Gasteiger charge is 2.22. The molecule has 1 aliphatic rings. The van der Waals surface area contributed by atoms with Gasteiger partial charge >= 0.3 is 0 Å². The minimum atomic E-state index is -2.97. The first-order chi connectivity index (χ1) is 13.3. The number of benzene rings is 1. The van der Waals surface area contributed by atoms with E-state index >= 15 is 0 Å². The highest BCUT2D eigenvalue weighted by Crippen LogP contribution is 2.15. The molecule has 1 saturated heterocycles. The highest BCUT2D eigenvalue weighted by molar-refractivity contribution is 7.90. The third kappa shape index (κ3) is 7.59. The summed E-state index contributed by atoms with van der Waals surface area (Å²) in [7, 11) is -2.97. The van der Waals surface area contributed by atoms with Crippen molar-refractivity contribution in [1.82, 2.24) is 9.80 Å². The smallest absolute Gasteiger partial charge is 0.223 e. The molecule has 0 saturated carbocycles. The molecule has 0 spiro atoms. The van der Waals surface area contributed by atoms with Crippen molar-refractivity contribution in [2.24, 2.45) is 0 Å². The van der Waals surface area contributed by atoms with E-state index in [1.165, 1.54) is 6.26 Å². The molecule has 1 fully saturated rings. The van der Waals surface area contributed by atoms with E-state index in [9.17, 15) is 18.0 Å². The van der Waals surface area contributed by atoms with Crippen LogP contribution in [0.1, 0.15) is 36.5 Å². The first kappa shape index (κ1) is 22.4. The fourth-order valence-corrected chi connectivity index (χ4v) is 3.59. The second-order valence-corrected chi connectivity index (χ2v) is 9.41. The second-order valence-electron chi connectivity index (χ2n) is 7.15. The van der Waals surface area contributed by atoms with Crippen LogP contribution in [0.4, 0.5) is 0 Å². The van der Waals surface area contributed by atoms with Gasteiger partial charge in [0.25, 0.3) is 0 Å². The molecule has 28 heavy (non-hydrogen) atoms. The third-order valence-electron chi connectivity index (χ3n) is 4.72. The molecule has 0 aliphatic carbocycles. The minimum Gasteiger partial charge on any atom is -0.494 e. The average molecular weight is 411 g/mol. The number of carbonyl (C=O) groups is 2. The van der Waals surface area contributed by atoms with E-state index in [0.717, 1.165) is 12.2 Å². The van der Waals surface area contributed by atoms with E-state index in [1.54, 1.807) is 29.2 Å². The van der Waals surface area contributed by atoms with E-state index in [0.29, 0.717) is 44.9 Å². The first-order valence-corrected chi connectivity index (χ1v) is 11.8. The van der Waals surface area contributed by atoms with Gasteiger partial charge in [0.15, 0.2) is 5.78 Å². The predicted octanol–water partition coefficient (Wildman–Crippen LogP) is 1.63. The van der Waals surface area contributed by atoms with E-state index in [2.05, 4.69) is 4.90 Å². The van der Waals surface area contributed by atoms with Crippen molar-refractivity contribution in [3.05, 3.63) is 29.8 Å². The van der Waals surface area contributed by atoms with Crippen LogP contribution in [0.3, 0.4) is 0 Å². The van der Waals surface area contributed by atoms with Crippen LogP contribution >= 0.6 is 0 Å². The van der Waals surface area contributed by atoms with Gasteiger partial charge in [0.05, 0.1) is 12.4 Å². The van der Waals surface area contributed by atoms with Crippen molar-refractivity contribution in [2.75, 3.05) is 51.3 Å². The Labute approximate surface area is 167 Å². The maximum atomic E-state index is 12.4. The topological polar surface area (TPSA) is 84.0 Å². The van der Waals surface area contributed by atoms with E-state index in [-0.39, 0.29) is 30.3 Å². The Hall–Kier alpha value is -1.93. The molecule has 156 valence electrons. The van der Waals surface area contributed by atoms with Crippen LogP contribution in [0.15, 0.2) is 24.3 Å². The van der Waals surface area contributed by atoms with Crippen LogP contribution in [-0.4, -0.2) is 81.2 Å². The zero-order valence-electron chi connectivity index (χ0n) is 16.7. The largest absolute Gasteiger partial charge is 0.494 e. The summed E-state index contributed by atoms with van der Waals surface area (Å²) >= 11 is 0. The van der Waals surface area contributed by atoms with Crippen molar-refractivity contribution in [1.29, 1.82) is 0 Å². The Balaban J connectivity index is 1.72. The van der Waals surface area contributed by atoms with Crippen LogP contribution in [0, 0.1) is 0 Å². The Morgan fingerprint density at radius 3 is 2.25 bits per heavy atom. The number of sulfone groups is 1. The normalized spacial score (nSPS) is 15.4. The number of amides is 1. The van der Waals surface area contributed by atoms with Gasteiger partial charge in [0.2, 0.25) is 5.91 Å². The van der Waals surface area contributed by atoms with Gasteiger partial charge < -0.3 is 9.64 Å². The molecule has 0 atom stereocenters. The minimum absolute atomic E-state index is 0.0287. The number of piperazine rings is 1. The van der Waals surface area contributed by atoms with Gasteiger partial charge in [-0.1, -0.05) is 6.92 Å². The second kappa shape index (κ2) is 10.6. The number of rotatable bonds is 10. The number of hydrogen-bond donors (Lipinski definition) is 0. The molecule has 1 aromatic carbocycles. The molecule has 0 N–H and O–H groups in total. The average Bonchev–Trinajstić information content (AvgIpc) is 2.69. The van der Waals surface area contributed by atoms with Crippen LogP contribution in [0.2, 0.25) is 0 Å². The fourth-order valence-electron chi connectivity index (χ4n) is 3.00. The van der Waals surface area contributed by atoms with Gasteiger partial charge in [-0.25, -0.2) is 8.42 Å². The van der Waals surface area contributed by atoms with Crippen molar-refractivity contribution >= 4 is 21.5 Å². The van der Waals surface area contributed by atoms with Crippen molar-refractivity contribution < 1.29 is 22.7 Å².